The standard InChI is InChI=1S/C25H20F2N6O/c1-24(2)15-6-8-25(24,19-7-9-28-22(31-19)13-11-29-23(34)30-12-13)21-14(15)10-18(32-33-21)20-16(26)4-3-5-17(20)27/h3-5,7,9-12,15H,6,8H2,1-2H3,(H,29,30,34)/t15-,25+/m0/s1. The molecule has 9 heteroatoms. The fraction of sp³-hybridized carbons (Fsp3) is 0.280. The Labute approximate surface area is 193 Å². The summed E-state index contributed by atoms with van der Waals surface area (Å²) >= 11 is 0. The van der Waals surface area contributed by atoms with Gasteiger partial charge in [-0.05, 0) is 54.0 Å². The third kappa shape index (κ3) is 2.66. The van der Waals surface area contributed by atoms with Crippen LogP contribution in [0, 0.1) is 17.0 Å². The van der Waals surface area contributed by atoms with Gasteiger partial charge in [-0.15, -0.1) is 5.10 Å². The van der Waals surface area contributed by atoms with Crippen LogP contribution in [-0.4, -0.2) is 30.1 Å². The van der Waals surface area contributed by atoms with Crippen LogP contribution < -0.4 is 5.69 Å². The Morgan fingerprint density at radius 3 is 2.62 bits per heavy atom. The van der Waals surface area contributed by atoms with Crippen LogP contribution in [-0.2, 0) is 5.41 Å². The molecule has 0 unspecified atom stereocenters. The molecule has 0 spiro atoms. The first kappa shape index (κ1) is 20.7. The Hall–Kier alpha value is -3.88. The molecular formula is C25H20F2N6O. The maximum absolute atomic E-state index is 14.4. The maximum Gasteiger partial charge on any atom is 0.344 e. The average Bonchev–Trinajstić information content (AvgIpc) is 3.21. The molecule has 2 aliphatic rings. The Morgan fingerprint density at radius 2 is 1.88 bits per heavy atom. The minimum absolute atomic E-state index is 0.139. The third-order valence-corrected chi connectivity index (χ3v) is 7.62. The molecule has 2 bridgehead atoms. The average molecular weight is 458 g/mol. The van der Waals surface area contributed by atoms with Gasteiger partial charge in [-0.1, -0.05) is 19.9 Å². The van der Waals surface area contributed by atoms with E-state index in [-0.39, 0.29) is 22.6 Å². The Morgan fingerprint density at radius 1 is 1.09 bits per heavy atom. The summed E-state index contributed by atoms with van der Waals surface area (Å²) in [7, 11) is 0. The first-order valence-electron chi connectivity index (χ1n) is 11.0. The zero-order valence-electron chi connectivity index (χ0n) is 18.5. The second-order valence-corrected chi connectivity index (χ2v) is 9.42. The number of halogens is 2. The molecule has 3 heterocycles. The van der Waals surface area contributed by atoms with E-state index in [2.05, 4.69) is 39.0 Å². The van der Waals surface area contributed by atoms with Gasteiger partial charge in [0.15, 0.2) is 5.82 Å². The summed E-state index contributed by atoms with van der Waals surface area (Å²) in [4.78, 5) is 26.9. The molecule has 6 rings (SSSR count). The molecule has 2 atom stereocenters. The Balaban J connectivity index is 1.52. The van der Waals surface area contributed by atoms with E-state index in [9.17, 15) is 13.6 Å². The van der Waals surface area contributed by atoms with Crippen molar-refractivity contribution in [3.63, 3.8) is 0 Å². The van der Waals surface area contributed by atoms with E-state index >= 15 is 0 Å². The molecule has 1 saturated carbocycles. The van der Waals surface area contributed by atoms with Gasteiger partial charge >= 0.3 is 5.69 Å². The van der Waals surface area contributed by atoms with Crippen LogP contribution in [0.4, 0.5) is 8.78 Å². The first-order chi connectivity index (χ1) is 16.3. The maximum atomic E-state index is 14.4. The lowest BCUT2D eigenvalue weighted by Crippen LogP contribution is -2.38. The van der Waals surface area contributed by atoms with E-state index in [1.54, 1.807) is 12.3 Å². The van der Waals surface area contributed by atoms with Gasteiger partial charge in [-0.3, -0.25) is 0 Å². The number of aromatic nitrogens is 6. The molecule has 7 nitrogen and oxygen atoms in total. The van der Waals surface area contributed by atoms with Gasteiger partial charge in [0.2, 0.25) is 0 Å². The largest absolute Gasteiger partial charge is 0.344 e. The number of hydrogen-bond acceptors (Lipinski definition) is 6. The summed E-state index contributed by atoms with van der Waals surface area (Å²) in [6.45, 7) is 4.36. The Kier molecular flexibility index (Phi) is 4.30. The van der Waals surface area contributed by atoms with Crippen molar-refractivity contribution < 1.29 is 8.78 Å². The van der Waals surface area contributed by atoms with Crippen LogP contribution in [0.5, 0.6) is 0 Å². The lowest BCUT2D eigenvalue weighted by Gasteiger charge is -2.37. The van der Waals surface area contributed by atoms with Crippen LogP contribution in [0.15, 0.2) is 53.7 Å². The van der Waals surface area contributed by atoms with Crippen LogP contribution >= 0.6 is 0 Å². The van der Waals surface area contributed by atoms with E-state index < -0.39 is 22.7 Å². The molecule has 0 saturated heterocycles. The predicted octanol–water partition coefficient (Wildman–Crippen LogP) is 4.17. The minimum Gasteiger partial charge on any atom is -0.312 e. The van der Waals surface area contributed by atoms with Crippen LogP contribution in [0.25, 0.3) is 22.6 Å². The van der Waals surface area contributed by atoms with Gasteiger partial charge in [0.1, 0.15) is 11.6 Å². The first-order valence-corrected chi connectivity index (χ1v) is 11.0. The summed E-state index contributed by atoms with van der Waals surface area (Å²) in [5.74, 6) is -0.747. The summed E-state index contributed by atoms with van der Waals surface area (Å²) in [5.41, 5.74) is 1.94. The third-order valence-electron chi connectivity index (χ3n) is 7.62. The van der Waals surface area contributed by atoms with E-state index in [0.717, 1.165) is 29.8 Å². The highest BCUT2D eigenvalue weighted by Crippen LogP contribution is 2.69. The van der Waals surface area contributed by atoms with Gasteiger partial charge in [-0.25, -0.2) is 28.5 Å². The van der Waals surface area contributed by atoms with Crippen molar-refractivity contribution in [2.24, 2.45) is 5.41 Å². The van der Waals surface area contributed by atoms with Gasteiger partial charge in [-0.2, -0.15) is 5.10 Å². The quantitative estimate of drug-likeness (QED) is 0.495. The van der Waals surface area contributed by atoms with E-state index in [1.165, 1.54) is 30.6 Å². The molecule has 3 aromatic heterocycles. The number of aromatic amines is 1. The highest BCUT2D eigenvalue weighted by Gasteiger charge is 2.65. The summed E-state index contributed by atoms with van der Waals surface area (Å²) in [6, 6.07) is 7.44. The summed E-state index contributed by atoms with van der Waals surface area (Å²) < 4.78 is 28.9. The van der Waals surface area contributed by atoms with Crippen molar-refractivity contribution in [3.05, 3.63) is 88.0 Å². The molecule has 170 valence electrons. The van der Waals surface area contributed by atoms with Crippen molar-refractivity contribution >= 4 is 0 Å². The molecule has 34 heavy (non-hydrogen) atoms. The SMILES string of the molecule is CC1(C)[C@H]2CC[C@@]1(c1ccnc(-c3cnc(=O)[nH]c3)n1)c1nnc(-c3c(F)cccc3F)cc12. The summed E-state index contributed by atoms with van der Waals surface area (Å²) in [5, 5.41) is 8.82. The smallest absolute Gasteiger partial charge is 0.312 e. The fourth-order valence-electron chi connectivity index (χ4n) is 5.96. The van der Waals surface area contributed by atoms with Crippen LogP contribution in [0.1, 0.15) is 49.6 Å². The second-order valence-electron chi connectivity index (χ2n) is 9.42. The molecule has 1 aromatic carbocycles. The highest BCUT2D eigenvalue weighted by atomic mass is 19.1. The molecular weight excluding hydrogens is 438 g/mol. The van der Waals surface area contributed by atoms with E-state index in [4.69, 9.17) is 4.98 Å². The summed E-state index contributed by atoms with van der Waals surface area (Å²) in [6.07, 6.45) is 6.38. The van der Waals surface area contributed by atoms with Crippen LogP contribution in [0.2, 0.25) is 0 Å². The Bertz CT molecular complexity index is 1480. The number of benzene rings is 1. The molecule has 1 N–H and O–H groups in total. The van der Waals surface area contributed by atoms with Gasteiger partial charge in [0.25, 0.3) is 0 Å². The minimum atomic E-state index is -0.665. The topological polar surface area (TPSA) is 97.3 Å². The van der Waals surface area contributed by atoms with Crippen LogP contribution in [0.3, 0.4) is 0 Å². The van der Waals surface area contributed by atoms with Crippen molar-refractivity contribution in [1.82, 2.24) is 30.1 Å². The normalized spacial score (nSPS) is 22.1. The number of hydrogen-bond donors (Lipinski definition) is 1. The molecule has 4 aromatic rings. The zero-order valence-corrected chi connectivity index (χ0v) is 18.5. The number of H-pyrrole nitrogens is 1. The van der Waals surface area contributed by atoms with E-state index in [0.29, 0.717) is 11.4 Å². The number of fused-ring (bicyclic) bond motifs is 5. The zero-order chi connectivity index (χ0) is 23.7. The molecule has 0 aliphatic heterocycles. The van der Waals surface area contributed by atoms with Gasteiger partial charge in [0.05, 0.1) is 33.6 Å². The lowest BCUT2D eigenvalue weighted by atomic mass is 9.66. The molecule has 0 amide bonds. The molecule has 2 aliphatic carbocycles. The van der Waals surface area contributed by atoms with Gasteiger partial charge in [0, 0.05) is 18.6 Å². The second kappa shape index (κ2) is 7.06. The molecule has 1 fully saturated rings. The fourth-order valence-corrected chi connectivity index (χ4v) is 5.96. The van der Waals surface area contributed by atoms with Crippen molar-refractivity contribution in [1.29, 1.82) is 0 Å². The highest BCUT2D eigenvalue weighted by molar-refractivity contribution is 5.64. The number of nitrogens with zero attached hydrogens (tertiary/aromatic N) is 5. The molecule has 0 radical (unpaired) electrons. The lowest BCUT2D eigenvalue weighted by molar-refractivity contribution is 0.243. The number of rotatable bonds is 3. The van der Waals surface area contributed by atoms with Crippen molar-refractivity contribution in [3.8, 4) is 22.6 Å². The van der Waals surface area contributed by atoms with E-state index in [1.807, 2.05) is 6.07 Å². The van der Waals surface area contributed by atoms with Crippen molar-refractivity contribution in [2.45, 2.75) is 38.0 Å². The monoisotopic (exact) mass is 458 g/mol. The number of nitrogens with one attached hydrogen (secondary N) is 1. The predicted molar refractivity (Wildman–Crippen MR) is 120 cm³/mol. The van der Waals surface area contributed by atoms with Crippen molar-refractivity contribution in [2.75, 3.05) is 0 Å². The van der Waals surface area contributed by atoms with Gasteiger partial charge < -0.3 is 4.98 Å².